The maximum absolute atomic E-state index is 5.81. The molecule has 0 bridgehead atoms. The quantitative estimate of drug-likeness (QED) is 0.531. The van der Waals surface area contributed by atoms with Crippen LogP contribution in [0.3, 0.4) is 0 Å². The molecule has 0 spiro atoms. The van der Waals surface area contributed by atoms with Crippen molar-refractivity contribution >= 4 is 7.85 Å². The molecule has 0 aliphatic rings. The Labute approximate surface area is 64.3 Å². The molecular formula is C7H17BN2. The van der Waals surface area contributed by atoms with Crippen molar-refractivity contribution in [1.82, 2.24) is 5.32 Å². The third-order valence-electron chi connectivity index (χ3n) is 1.56. The summed E-state index contributed by atoms with van der Waals surface area (Å²) < 4.78 is 0. The summed E-state index contributed by atoms with van der Waals surface area (Å²) in [5.74, 6) is 0. The molecule has 0 heterocycles. The first-order valence-corrected chi connectivity index (χ1v) is 3.81. The van der Waals surface area contributed by atoms with Crippen LogP contribution in [0.15, 0.2) is 11.7 Å². The van der Waals surface area contributed by atoms with Crippen LogP contribution in [0.1, 0.15) is 19.8 Å². The molecule has 0 aromatic carbocycles. The van der Waals surface area contributed by atoms with Crippen LogP contribution in [0.2, 0.25) is 0 Å². The summed E-state index contributed by atoms with van der Waals surface area (Å²) in [4.78, 5) is 0. The predicted molar refractivity (Wildman–Crippen MR) is 48.6 cm³/mol. The zero-order valence-corrected chi connectivity index (χ0v) is 7.15. The van der Waals surface area contributed by atoms with Gasteiger partial charge in [-0.1, -0.05) is 18.8 Å². The Balaban J connectivity index is 3.69. The van der Waals surface area contributed by atoms with E-state index in [0.29, 0.717) is 0 Å². The van der Waals surface area contributed by atoms with Crippen molar-refractivity contribution in [3.8, 4) is 0 Å². The molecule has 0 aromatic rings. The molecule has 0 rings (SSSR count). The van der Waals surface area contributed by atoms with Crippen molar-refractivity contribution in [3.05, 3.63) is 11.7 Å². The molecule has 0 saturated carbocycles. The van der Waals surface area contributed by atoms with Gasteiger partial charge in [0.05, 0.1) is 0 Å². The van der Waals surface area contributed by atoms with Gasteiger partial charge in [-0.05, 0) is 12.6 Å². The second-order valence-electron chi connectivity index (χ2n) is 2.57. The lowest BCUT2D eigenvalue weighted by Gasteiger charge is -2.10. The van der Waals surface area contributed by atoms with E-state index in [0.717, 1.165) is 12.8 Å². The molecule has 1 unspecified atom stereocenters. The second-order valence-corrected chi connectivity index (χ2v) is 2.57. The van der Waals surface area contributed by atoms with Gasteiger partial charge in [0, 0.05) is 13.1 Å². The molecule has 58 valence electrons. The minimum Gasteiger partial charge on any atom is -0.395 e. The third kappa shape index (κ3) is 3.56. The summed E-state index contributed by atoms with van der Waals surface area (Å²) in [6, 6.07) is 0.234. The Kier molecular flexibility index (Phi) is 5.12. The van der Waals surface area contributed by atoms with Gasteiger partial charge in [-0.15, -0.1) is 0 Å². The first kappa shape index (κ1) is 9.56. The Morgan fingerprint density at radius 3 is 2.80 bits per heavy atom. The molecule has 0 aliphatic carbocycles. The average Bonchev–Trinajstić information content (AvgIpc) is 1.89. The largest absolute Gasteiger partial charge is 0.395 e. The first-order valence-electron chi connectivity index (χ1n) is 3.81. The molecule has 3 heteroatoms. The SMILES string of the molecule is B/C(=C/NC)C(N)CCC. The van der Waals surface area contributed by atoms with E-state index in [1.165, 1.54) is 5.47 Å². The lowest BCUT2D eigenvalue weighted by atomic mass is 9.87. The van der Waals surface area contributed by atoms with E-state index in [1.807, 2.05) is 13.2 Å². The van der Waals surface area contributed by atoms with E-state index in [9.17, 15) is 0 Å². The van der Waals surface area contributed by atoms with E-state index in [1.54, 1.807) is 0 Å². The second kappa shape index (κ2) is 5.36. The highest BCUT2D eigenvalue weighted by Gasteiger charge is 2.00. The van der Waals surface area contributed by atoms with Crippen molar-refractivity contribution in [2.75, 3.05) is 7.05 Å². The molecule has 0 fully saturated rings. The van der Waals surface area contributed by atoms with Gasteiger partial charge < -0.3 is 11.1 Å². The van der Waals surface area contributed by atoms with Gasteiger partial charge in [-0.2, -0.15) is 0 Å². The monoisotopic (exact) mass is 140 g/mol. The van der Waals surface area contributed by atoms with Gasteiger partial charge in [0.15, 0.2) is 0 Å². The topological polar surface area (TPSA) is 38.0 Å². The fourth-order valence-electron chi connectivity index (χ4n) is 0.873. The van der Waals surface area contributed by atoms with Gasteiger partial charge in [-0.25, -0.2) is 0 Å². The molecule has 0 aromatic heterocycles. The van der Waals surface area contributed by atoms with Gasteiger partial charge in [-0.3, -0.25) is 0 Å². The fraction of sp³-hybridized carbons (Fsp3) is 0.714. The highest BCUT2D eigenvalue weighted by Crippen LogP contribution is 2.00. The number of nitrogens with one attached hydrogen (secondary N) is 1. The van der Waals surface area contributed by atoms with Crippen LogP contribution in [-0.4, -0.2) is 20.9 Å². The molecule has 10 heavy (non-hydrogen) atoms. The third-order valence-corrected chi connectivity index (χ3v) is 1.56. The van der Waals surface area contributed by atoms with E-state index in [-0.39, 0.29) is 6.04 Å². The smallest absolute Gasteiger partial charge is 0.137 e. The van der Waals surface area contributed by atoms with Gasteiger partial charge in [0.25, 0.3) is 0 Å². The summed E-state index contributed by atoms with van der Waals surface area (Å²) in [5.41, 5.74) is 7.03. The predicted octanol–water partition coefficient (Wildman–Crippen LogP) is -0.192. The Morgan fingerprint density at radius 1 is 1.80 bits per heavy atom. The summed E-state index contributed by atoms with van der Waals surface area (Å²) in [6.07, 6.45) is 4.18. The van der Waals surface area contributed by atoms with Gasteiger partial charge in [0.2, 0.25) is 0 Å². The number of hydrogen-bond acceptors (Lipinski definition) is 2. The van der Waals surface area contributed by atoms with Gasteiger partial charge >= 0.3 is 0 Å². The summed E-state index contributed by atoms with van der Waals surface area (Å²) >= 11 is 0. The van der Waals surface area contributed by atoms with E-state index in [4.69, 9.17) is 5.73 Å². The lowest BCUT2D eigenvalue weighted by Crippen LogP contribution is -2.23. The van der Waals surface area contributed by atoms with Crippen LogP contribution in [0, 0.1) is 0 Å². The normalized spacial score (nSPS) is 14.9. The Morgan fingerprint density at radius 2 is 2.40 bits per heavy atom. The van der Waals surface area contributed by atoms with Crippen molar-refractivity contribution in [2.45, 2.75) is 25.8 Å². The van der Waals surface area contributed by atoms with Crippen LogP contribution in [-0.2, 0) is 0 Å². The minimum absolute atomic E-state index is 0.234. The molecule has 0 saturated heterocycles. The molecule has 0 radical (unpaired) electrons. The van der Waals surface area contributed by atoms with Crippen LogP contribution in [0.5, 0.6) is 0 Å². The van der Waals surface area contributed by atoms with Crippen molar-refractivity contribution < 1.29 is 0 Å². The van der Waals surface area contributed by atoms with Gasteiger partial charge in [0.1, 0.15) is 7.85 Å². The number of hydrogen-bond donors (Lipinski definition) is 2. The standard InChI is InChI=1S/C7H17BN2/c1-3-4-7(9)6(8)5-10-2/h5,7,10H,3-4,8-9H2,1-2H3/b6-5+. The Hall–Kier alpha value is -0.435. The van der Waals surface area contributed by atoms with Crippen molar-refractivity contribution in [3.63, 3.8) is 0 Å². The summed E-state index contributed by atoms with van der Waals surface area (Å²) in [6.45, 7) is 2.15. The zero-order chi connectivity index (χ0) is 7.98. The van der Waals surface area contributed by atoms with Crippen molar-refractivity contribution in [2.24, 2.45) is 5.73 Å². The summed E-state index contributed by atoms with van der Waals surface area (Å²) in [7, 11) is 3.94. The molecular weight excluding hydrogens is 123 g/mol. The highest BCUT2D eigenvalue weighted by molar-refractivity contribution is 6.22. The molecule has 0 aliphatic heterocycles. The number of nitrogens with two attached hydrogens (primary N) is 1. The maximum atomic E-state index is 5.81. The van der Waals surface area contributed by atoms with Crippen LogP contribution >= 0.6 is 0 Å². The first-order chi connectivity index (χ1) is 4.72. The van der Waals surface area contributed by atoms with E-state index >= 15 is 0 Å². The highest BCUT2D eigenvalue weighted by atomic mass is 14.8. The van der Waals surface area contributed by atoms with Crippen LogP contribution in [0.4, 0.5) is 0 Å². The average molecular weight is 140 g/mol. The minimum atomic E-state index is 0.234. The van der Waals surface area contributed by atoms with E-state index < -0.39 is 0 Å². The number of rotatable bonds is 4. The lowest BCUT2D eigenvalue weighted by molar-refractivity contribution is 0.691. The molecule has 0 amide bonds. The molecule has 1 atom stereocenters. The molecule has 3 N–H and O–H groups in total. The van der Waals surface area contributed by atoms with Crippen LogP contribution in [0.25, 0.3) is 0 Å². The van der Waals surface area contributed by atoms with Crippen molar-refractivity contribution in [1.29, 1.82) is 0 Å². The molecule has 2 nitrogen and oxygen atoms in total. The maximum Gasteiger partial charge on any atom is 0.137 e. The fourth-order valence-corrected chi connectivity index (χ4v) is 0.873. The Bertz CT molecular complexity index is 112. The zero-order valence-electron chi connectivity index (χ0n) is 7.15. The van der Waals surface area contributed by atoms with E-state index in [2.05, 4.69) is 20.1 Å². The van der Waals surface area contributed by atoms with Crippen LogP contribution < -0.4 is 11.1 Å². The summed E-state index contributed by atoms with van der Waals surface area (Å²) in [5, 5.41) is 2.96.